The average molecular weight is 368 g/mol. The third-order valence-electron chi connectivity index (χ3n) is 4.00. The van der Waals surface area contributed by atoms with Crippen LogP contribution in [0, 0.1) is 17.1 Å². The van der Waals surface area contributed by atoms with Crippen LogP contribution >= 0.6 is 0 Å². The van der Waals surface area contributed by atoms with Gasteiger partial charge in [0.05, 0.1) is 24.7 Å². The summed E-state index contributed by atoms with van der Waals surface area (Å²) in [5.41, 5.74) is 0.720. The first-order chi connectivity index (χ1) is 13.2. The highest BCUT2D eigenvalue weighted by atomic mass is 19.1. The van der Waals surface area contributed by atoms with Crippen molar-refractivity contribution >= 4 is 5.96 Å². The van der Waals surface area contributed by atoms with Crippen molar-refractivity contribution in [2.75, 3.05) is 19.7 Å². The summed E-state index contributed by atoms with van der Waals surface area (Å²) in [6.07, 6.45) is -0.157. The van der Waals surface area contributed by atoms with Gasteiger partial charge < -0.3 is 20.1 Å². The molecule has 0 amide bonds. The Hall–Kier alpha value is -3.27. The van der Waals surface area contributed by atoms with E-state index in [1.807, 2.05) is 37.3 Å². The number of nitrogens with one attached hydrogen (secondary N) is 2. The van der Waals surface area contributed by atoms with Crippen molar-refractivity contribution in [3.63, 3.8) is 0 Å². The number of halogens is 1. The van der Waals surface area contributed by atoms with E-state index in [4.69, 9.17) is 14.7 Å². The number of nitrogens with zero attached hydrogens (tertiary/aromatic N) is 2. The third kappa shape index (κ3) is 4.88. The number of hydrogen-bond acceptors (Lipinski definition) is 4. The molecule has 0 spiro atoms. The van der Waals surface area contributed by atoms with Gasteiger partial charge in [-0.25, -0.2) is 9.38 Å². The lowest BCUT2D eigenvalue weighted by Crippen LogP contribution is -2.45. The number of nitriles is 1. The summed E-state index contributed by atoms with van der Waals surface area (Å²) in [7, 11) is 0. The zero-order valence-corrected chi connectivity index (χ0v) is 15.0. The quantitative estimate of drug-likeness (QED) is 0.627. The lowest BCUT2D eigenvalue weighted by molar-refractivity contribution is 0.0936. The molecule has 2 N–H and O–H groups in total. The highest BCUT2D eigenvalue weighted by Crippen LogP contribution is 2.30. The maximum Gasteiger partial charge on any atom is 0.191 e. The normalized spacial score (nSPS) is 15.7. The van der Waals surface area contributed by atoms with Gasteiger partial charge in [0.1, 0.15) is 18.5 Å². The topological polar surface area (TPSA) is 78.7 Å². The molecule has 0 saturated carbocycles. The fraction of sp³-hybridized carbons (Fsp3) is 0.300. The zero-order chi connectivity index (χ0) is 19.1. The molecule has 1 aliphatic rings. The number of ether oxygens (including phenoxy) is 2. The van der Waals surface area contributed by atoms with Crippen LogP contribution < -0.4 is 20.1 Å². The number of benzene rings is 2. The Morgan fingerprint density at radius 2 is 2.07 bits per heavy atom. The minimum absolute atomic E-state index is 0.157. The Morgan fingerprint density at radius 1 is 1.26 bits per heavy atom. The van der Waals surface area contributed by atoms with Crippen LogP contribution in [0.15, 0.2) is 47.5 Å². The molecule has 1 heterocycles. The van der Waals surface area contributed by atoms with Crippen LogP contribution in [0.4, 0.5) is 4.39 Å². The molecule has 1 aliphatic heterocycles. The number of hydrogen-bond donors (Lipinski definition) is 2. The summed E-state index contributed by atoms with van der Waals surface area (Å²) in [6, 6.07) is 13.8. The van der Waals surface area contributed by atoms with Crippen molar-refractivity contribution in [2.45, 2.75) is 19.6 Å². The molecule has 2 aromatic rings. The van der Waals surface area contributed by atoms with E-state index in [2.05, 4.69) is 15.6 Å². The van der Waals surface area contributed by atoms with Crippen LogP contribution in [-0.2, 0) is 6.54 Å². The second kappa shape index (κ2) is 8.90. The number of guanidine groups is 1. The molecule has 3 rings (SSSR count). The molecule has 0 saturated heterocycles. The predicted molar refractivity (Wildman–Crippen MR) is 100 cm³/mol. The van der Waals surface area contributed by atoms with E-state index in [0.717, 1.165) is 11.5 Å². The fourth-order valence-electron chi connectivity index (χ4n) is 2.63. The maximum absolute atomic E-state index is 14.0. The van der Waals surface area contributed by atoms with Gasteiger partial charge in [-0.15, -0.1) is 0 Å². The van der Waals surface area contributed by atoms with Crippen LogP contribution in [0.25, 0.3) is 0 Å². The standard InChI is InChI=1S/C20H21FN4O2/c1-2-23-20(24-11-15-8-7-14(10-22)9-17(15)21)25-12-16-13-26-18-5-3-4-6-19(18)27-16/h3-9,16H,2,11-13H2,1H3,(H2,23,24,25). The van der Waals surface area contributed by atoms with Crippen molar-refractivity contribution in [1.82, 2.24) is 10.6 Å². The Kier molecular flexibility index (Phi) is 6.10. The minimum Gasteiger partial charge on any atom is -0.486 e. The minimum atomic E-state index is -0.436. The largest absolute Gasteiger partial charge is 0.486 e. The molecule has 140 valence electrons. The van der Waals surface area contributed by atoms with Crippen LogP contribution in [-0.4, -0.2) is 31.8 Å². The van der Waals surface area contributed by atoms with Gasteiger partial charge in [-0.3, -0.25) is 0 Å². The lowest BCUT2D eigenvalue weighted by Gasteiger charge is -2.27. The lowest BCUT2D eigenvalue weighted by atomic mass is 10.1. The summed E-state index contributed by atoms with van der Waals surface area (Å²) < 4.78 is 25.6. The van der Waals surface area contributed by atoms with Gasteiger partial charge in [0.2, 0.25) is 0 Å². The van der Waals surface area contributed by atoms with Crippen molar-refractivity contribution in [2.24, 2.45) is 4.99 Å². The Bertz CT molecular complexity index is 863. The van der Waals surface area contributed by atoms with E-state index in [-0.39, 0.29) is 12.6 Å². The first kappa shape index (κ1) is 18.5. The van der Waals surface area contributed by atoms with Gasteiger partial charge in [-0.2, -0.15) is 5.26 Å². The van der Waals surface area contributed by atoms with E-state index >= 15 is 0 Å². The van der Waals surface area contributed by atoms with Crippen molar-refractivity contribution < 1.29 is 13.9 Å². The average Bonchev–Trinajstić information content (AvgIpc) is 2.70. The molecule has 6 nitrogen and oxygen atoms in total. The van der Waals surface area contributed by atoms with Crippen LogP contribution in [0.5, 0.6) is 11.5 Å². The van der Waals surface area contributed by atoms with Crippen LogP contribution in [0.1, 0.15) is 18.1 Å². The Morgan fingerprint density at radius 3 is 2.81 bits per heavy atom. The molecular formula is C20H21FN4O2. The second-order valence-corrected chi connectivity index (χ2v) is 5.99. The summed E-state index contributed by atoms with van der Waals surface area (Å²) in [5.74, 6) is 1.58. The van der Waals surface area contributed by atoms with E-state index in [0.29, 0.717) is 36.8 Å². The monoisotopic (exact) mass is 368 g/mol. The molecule has 0 aliphatic carbocycles. The molecule has 0 bridgehead atoms. The molecule has 0 radical (unpaired) electrons. The first-order valence-electron chi connectivity index (χ1n) is 8.78. The predicted octanol–water partition coefficient (Wildman–Crippen LogP) is 2.59. The summed E-state index contributed by atoms with van der Waals surface area (Å²) in [6.45, 7) is 3.73. The summed E-state index contributed by atoms with van der Waals surface area (Å²) in [5, 5.41) is 15.1. The molecular weight excluding hydrogens is 347 g/mol. The van der Waals surface area contributed by atoms with E-state index in [9.17, 15) is 4.39 Å². The maximum atomic E-state index is 14.0. The van der Waals surface area contributed by atoms with Crippen molar-refractivity contribution in [1.29, 1.82) is 5.26 Å². The van der Waals surface area contributed by atoms with Crippen LogP contribution in [0.3, 0.4) is 0 Å². The molecule has 0 fully saturated rings. The number of para-hydroxylation sites is 2. The molecule has 0 aromatic heterocycles. The highest BCUT2D eigenvalue weighted by molar-refractivity contribution is 5.79. The first-order valence-corrected chi connectivity index (χ1v) is 8.78. The summed E-state index contributed by atoms with van der Waals surface area (Å²) in [4.78, 5) is 4.40. The molecule has 27 heavy (non-hydrogen) atoms. The number of fused-ring (bicyclic) bond motifs is 1. The van der Waals surface area contributed by atoms with Gasteiger partial charge >= 0.3 is 0 Å². The zero-order valence-electron chi connectivity index (χ0n) is 15.0. The van der Waals surface area contributed by atoms with E-state index in [1.54, 1.807) is 12.1 Å². The molecule has 2 aromatic carbocycles. The molecule has 7 heteroatoms. The smallest absolute Gasteiger partial charge is 0.191 e. The van der Waals surface area contributed by atoms with E-state index in [1.165, 1.54) is 6.07 Å². The Balaban J connectivity index is 1.59. The number of rotatable bonds is 5. The van der Waals surface area contributed by atoms with E-state index < -0.39 is 5.82 Å². The van der Waals surface area contributed by atoms with Crippen molar-refractivity contribution in [3.05, 3.63) is 59.4 Å². The van der Waals surface area contributed by atoms with Gasteiger partial charge in [0, 0.05) is 12.1 Å². The van der Waals surface area contributed by atoms with Gasteiger partial charge in [-0.1, -0.05) is 18.2 Å². The van der Waals surface area contributed by atoms with Crippen LogP contribution in [0.2, 0.25) is 0 Å². The van der Waals surface area contributed by atoms with Crippen molar-refractivity contribution in [3.8, 4) is 17.6 Å². The SMILES string of the molecule is CCNC(=NCc1ccc(C#N)cc1F)NCC1COc2ccccc2O1. The third-order valence-corrected chi connectivity index (χ3v) is 4.00. The summed E-state index contributed by atoms with van der Waals surface area (Å²) >= 11 is 0. The Labute approximate surface area is 157 Å². The molecule has 1 unspecified atom stereocenters. The molecule has 1 atom stereocenters. The van der Waals surface area contributed by atoms with Gasteiger partial charge in [0.15, 0.2) is 17.5 Å². The van der Waals surface area contributed by atoms with Gasteiger partial charge in [-0.05, 0) is 31.2 Å². The number of aliphatic imine (C=N–C) groups is 1. The second-order valence-electron chi connectivity index (χ2n) is 5.99. The van der Waals surface area contributed by atoms with Gasteiger partial charge in [0.25, 0.3) is 0 Å². The highest BCUT2D eigenvalue weighted by Gasteiger charge is 2.20. The fourth-order valence-corrected chi connectivity index (χ4v) is 2.63.